The molecule has 0 aliphatic heterocycles. The number of oxazole rings is 1. The molecule has 0 saturated heterocycles. The Bertz CT molecular complexity index is 906. The second kappa shape index (κ2) is 7.98. The monoisotopic (exact) mass is 351 g/mol. The van der Waals surface area contributed by atoms with E-state index in [9.17, 15) is 14.7 Å². The highest BCUT2D eigenvalue weighted by molar-refractivity contribution is 5.97. The number of aryl methyl sites for hydroxylation is 1. The Morgan fingerprint density at radius 3 is 2.50 bits per heavy atom. The first-order chi connectivity index (χ1) is 12.6. The number of phenolic OH excluding ortho intramolecular Hbond substituents is 1. The quantitative estimate of drug-likeness (QED) is 0.613. The Balaban J connectivity index is 1.48. The molecule has 3 rings (SSSR count). The molecule has 0 fully saturated rings. The van der Waals surface area contributed by atoms with Crippen molar-refractivity contribution in [2.45, 2.75) is 12.8 Å². The van der Waals surface area contributed by atoms with Crippen LogP contribution in [-0.2, 0) is 11.2 Å². The molecule has 2 amide bonds. The molecule has 0 atom stereocenters. The van der Waals surface area contributed by atoms with Crippen LogP contribution in [0, 0.1) is 0 Å². The van der Waals surface area contributed by atoms with Gasteiger partial charge in [0, 0.05) is 18.4 Å². The fourth-order valence-electron chi connectivity index (χ4n) is 2.30. The third-order valence-corrected chi connectivity index (χ3v) is 3.64. The molecule has 7 nitrogen and oxygen atoms in total. The van der Waals surface area contributed by atoms with Crippen LogP contribution in [0.25, 0.3) is 11.3 Å². The van der Waals surface area contributed by atoms with Gasteiger partial charge in [-0.2, -0.15) is 0 Å². The van der Waals surface area contributed by atoms with Crippen LogP contribution < -0.4 is 10.9 Å². The van der Waals surface area contributed by atoms with Gasteiger partial charge in [-0.1, -0.05) is 42.5 Å². The third kappa shape index (κ3) is 4.27. The minimum Gasteiger partial charge on any atom is -0.507 e. The van der Waals surface area contributed by atoms with Gasteiger partial charge in [-0.15, -0.1) is 0 Å². The smallest absolute Gasteiger partial charge is 0.273 e. The number of rotatable bonds is 5. The lowest BCUT2D eigenvalue weighted by Gasteiger charge is -2.07. The first kappa shape index (κ1) is 17.2. The van der Waals surface area contributed by atoms with E-state index < -0.39 is 11.8 Å². The predicted octanol–water partition coefficient (Wildman–Crippen LogP) is 2.44. The fraction of sp³-hybridized carbons (Fsp3) is 0.105. The number of nitrogens with zero attached hydrogens (tertiary/aromatic N) is 1. The number of carbonyl (C=O) groups is 2. The van der Waals surface area contributed by atoms with Crippen LogP contribution in [0.4, 0.5) is 0 Å². The number of hydrogen-bond acceptors (Lipinski definition) is 5. The summed E-state index contributed by atoms with van der Waals surface area (Å²) in [5, 5.41) is 9.60. The van der Waals surface area contributed by atoms with E-state index in [4.69, 9.17) is 4.42 Å². The van der Waals surface area contributed by atoms with E-state index in [0.29, 0.717) is 18.1 Å². The molecule has 7 heteroatoms. The van der Waals surface area contributed by atoms with Gasteiger partial charge in [0.2, 0.25) is 5.91 Å². The van der Waals surface area contributed by atoms with Crippen molar-refractivity contribution in [3.05, 3.63) is 72.2 Å². The molecule has 132 valence electrons. The zero-order chi connectivity index (χ0) is 18.4. The largest absolute Gasteiger partial charge is 0.507 e. The van der Waals surface area contributed by atoms with E-state index in [1.165, 1.54) is 12.1 Å². The van der Waals surface area contributed by atoms with Crippen molar-refractivity contribution in [1.29, 1.82) is 0 Å². The van der Waals surface area contributed by atoms with Gasteiger partial charge in [0.15, 0.2) is 11.7 Å². The third-order valence-electron chi connectivity index (χ3n) is 3.64. The lowest BCUT2D eigenvalue weighted by molar-refractivity contribution is -0.121. The maximum atomic E-state index is 11.9. The number of aromatic hydroxyl groups is 1. The van der Waals surface area contributed by atoms with Crippen LogP contribution in [0.15, 0.2) is 65.2 Å². The summed E-state index contributed by atoms with van der Waals surface area (Å²) in [7, 11) is 0. The maximum absolute atomic E-state index is 11.9. The molecule has 1 aromatic heterocycles. The minimum absolute atomic E-state index is 0.0769. The summed E-state index contributed by atoms with van der Waals surface area (Å²) in [5.41, 5.74) is 5.54. The number of para-hydroxylation sites is 1. The lowest BCUT2D eigenvalue weighted by atomic mass is 10.2. The number of amides is 2. The molecule has 0 aliphatic carbocycles. The maximum Gasteiger partial charge on any atom is 0.273 e. The van der Waals surface area contributed by atoms with Crippen LogP contribution in [0.2, 0.25) is 0 Å². The normalized spacial score (nSPS) is 10.3. The van der Waals surface area contributed by atoms with Crippen LogP contribution in [0.5, 0.6) is 5.75 Å². The van der Waals surface area contributed by atoms with Crippen LogP contribution in [-0.4, -0.2) is 21.9 Å². The molecule has 0 saturated carbocycles. The number of hydrazine groups is 1. The van der Waals surface area contributed by atoms with Crippen molar-refractivity contribution in [2.75, 3.05) is 0 Å². The average molecular weight is 351 g/mol. The van der Waals surface area contributed by atoms with Gasteiger partial charge in [0.05, 0.1) is 11.8 Å². The van der Waals surface area contributed by atoms with Crippen molar-refractivity contribution >= 4 is 11.8 Å². The summed E-state index contributed by atoms with van der Waals surface area (Å²) < 4.78 is 5.62. The summed E-state index contributed by atoms with van der Waals surface area (Å²) in [5.74, 6) is -0.0838. The lowest BCUT2D eigenvalue weighted by Crippen LogP contribution is -2.41. The first-order valence-corrected chi connectivity index (χ1v) is 8.01. The molecular weight excluding hydrogens is 334 g/mol. The Hall–Kier alpha value is -3.61. The van der Waals surface area contributed by atoms with Crippen molar-refractivity contribution in [3.63, 3.8) is 0 Å². The van der Waals surface area contributed by atoms with Crippen LogP contribution in [0.3, 0.4) is 0 Å². The van der Waals surface area contributed by atoms with E-state index in [1.54, 1.807) is 18.3 Å². The number of carbonyl (C=O) groups excluding carboxylic acids is 2. The van der Waals surface area contributed by atoms with Crippen LogP contribution in [0.1, 0.15) is 22.7 Å². The molecule has 0 radical (unpaired) electrons. The van der Waals surface area contributed by atoms with Crippen molar-refractivity contribution < 1.29 is 19.1 Å². The van der Waals surface area contributed by atoms with Crippen molar-refractivity contribution in [1.82, 2.24) is 15.8 Å². The molecule has 26 heavy (non-hydrogen) atoms. The number of aromatic nitrogens is 1. The van der Waals surface area contributed by atoms with Crippen molar-refractivity contribution in [2.24, 2.45) is 0 Å². The predicted molar refractivity (Wildman–Crippen MR) is 94.0 cm³/mol. The number of hydrogen-bond donors (Lipinski definition) is 3. The van der Waals surface area contributed by atoms with Crippen molar-refractivity contribution in [3.8, 4) is 17.1 Å². The number of phenols is 1. The summed E-state index contributed by atoms with van der Waals surface area (Å²) in [6, 6.07) is 15.6. The summed E-state index contributed by atoms with van der Waals surface area (Å²) in [6.45, 7) is 0. The fourth-order valence-corrected chi connectivity index (χ4v) is 2.30. The molecule has 0 spiro atoms. The molecule has 3 N–H and O–H groups in total. The summed E-state index contributed by atoms with van der Waals surface area (Å²) in [4.78, 5) is 27.9. The Labute approximate surface area is 149 Å². The molecule has 0 unspecified atom stereocenters. The highest BCUT2D eigenvalue weighted by Crippen LogP contribution is 2.20. The van der Waals surface area contributed by atoms with Crippen LogP contribution >= 0.6 is 0 Å². The first-order valence-electron chi connectivity index (χ1n) is 8.01. The number of nitrogens with one attached hydrogen (secondary N) is 2. The molecule has 3 aromatic rings. The second-order valence-electron chi connectivity index (χ2n) is 5.50. The highest BCUT2D eigenvalue weighted by atomic mass is 16.4. The number of benzene rings is 2. The summed E-state index contributed by atoms with van der Waals surface area (Å²) >= 11 is 0. The van der Waals surface area contributed by atoms with E-state index in [0.717, 1.165) is 5.56 Å². The topological polar surface area (TPSA) is 104 Å². The second-order valence-corrected chi connectivity index (χ2v) is 5.50. The average Bonchev–Trinajstić information content (AvgIpc) is 3.14. The van der Waals surface area contributed by atoms with Gasteiger partial charge >= 0.3 is 0 Å². The van der Waals surface area contributed by atoms with Gasteiger partial charge in [-0.25, -0.2) is 4.98 Å². The summed E-state index contributed by atoms with van der Waals surface area (Å²) in [6.07, 6.45) is 2.00. The van der Waals surface area contributed by atoms with E-state index in [-0.39, 0.29) is 17.7 Å². The zero-order valence-corrected chi connectivity index (χ0v) is 13.8. The van der Waals surface area contributed by atoms with Gasteiger partial charge in [-0.3, -0.25) is 20.4 Å². The Morgan fingerprint density at radius 1 is 1.00 bits per heavy atom. The van der Waals surface area contributed by atoms with Gasteiger partial charge in [0.25, 0.3) is 5.91 Å². The standard InChI is InChI=1S/C19H17N3O4/c23-15-9-5-4-8-14(15)19(25)22-21-17(24)10-11-18-20-12-16(26-18)13-6-2-1-3-7-13/h1-9,12,23H,10-11H2,(H,21,24)(H,22,25). The van der Waals surface area contributed by atoms with Gasteiger partial charge in [-0.05, 0) is 12.1 Å². The molecular formula is C19H17N3O4. The highest BCUT2D eigenvalue weighted by Gasteiger charge is 2.12. The SMILES string of the molecule is O=C(CCc1ncc(-c2ccccc2)o1)NNC(=O)c1ccccc1O. The molecule has 0 bridgehead atoms. The Morgan fingerprint density at radius 2 is 1.73 bits per heavy atom. The molecule has 1 heterocycles. The van der Waals surface area contributed by atoms with E-state index in [1.807, 2.05) is 30.3 Å². The zero-order valence-electron chi connectivity index (χ0n) is 13.8. The van der Waals surface area contributed by atoms with E-state index in [2.05, 4.69) is 15.8 Å². The molecule has 0 aliphatic rings. The molecule has 2 aromatic carbocycles. The minimum atomic E-state index is -0.598. The Kier molecular flexibility index (Phi) is 5.28. The van der Waals surface area contributed by atoms with E-state index >= 15 is 0 Å². The van der Waals surface area contributed by atoms with Gasteiger partial charge in [0.1, 0.15) is 5.75 Å². The van der Waals surface area contributed by atoms with Gasteiger partial charge < -0.3 is 9.52 Å².